The molecule has 0 radical (unpaired) electrons. The third-order valence-corrected chi connectivity index (χ3v) is 3.16. The molecule has 0 aromatic carbocycles. The third-order valence-electron chi connectivity index (χ3n) is 2.48. The van der Waals surface area contributed by atoms with Gasteiger partial charge in [0.2, 0.25) is 0 Å². The molecule has 1 aromatic heterocycles. The minimum Gasteiger partial charge on any atom is -0.454 e. The molecule has 1 N–H and O–H groups in total. The quantitative estimate of drug-likeness (QED) is 0.877. The fourth-order valence-electron chi connectivity index (χ4n) is 1.76. The monoisotopic (exact) mass is 258 g/mol. The predicted molar refractivity (Wildman–Crippen MR) is 59.3 cm³/mol. The minimum absolute atomic E-state index is 0.883. The van der Waals surface area contributed by atoms with Gasteiger partial charge in [-0.2, -0.15) is 0 Å². The Morgan fingerprint density at radius 3 is 2.79 bits per heavy atom. The Kier molecular flexibility index (Phi) is 3.26. The second-order valence-corrected chi connectivity index (χ2v) is 4.40. The summed E-state index contributed by atoms with van der Waals surface area (Å²) in [6.07, 6.45) is 0. The standard InChI is InChI=1S/C10H15BrN2O/c1-8-6-9(10(11)14-8)7-13-4-2-12-3-5-13/h6,12H,2-5,7H2,1H3. The lowest BCUT2D eigenvalue weighted by Gasteiger charge is -2.26. The van der Waals surface area contributed by atoms with Crippen molar-refractivity contribution in [2.24, 2.45) is 0 Å². The predicted octanol–water partition coefficient (Wildman–Crippen LogP) is 1.76. The van der Waals surface area contributed by atoms with Crippen molar-refractivity contribution in [1.82, 2.24) is 10.2 Å². The van der Waals surface area contributed by atoms with Crippen molar-refractivity contribution in [3.63, 3.8) is 0 Å². The number of hydrogen-bond acceptors (Lipinski definition) is 3. The van der Waals surface area contributed by atoms with Gasteiger partial charge in [0.1, 0.15) is 5.76 Å². The van der Waals surface area contributed by atoms with Crippen LogP contribution < -0.4 is 5.32 Å². The molecule has 1 aromatic rings. The summed E-state index contributed by atoms with van der Waals surface area (Å²) in [4.78, 5) is 2.44. The molecule has 78 valence electrons. The lowest BCUT2D eigenvalue weighted by molar-refractivity contribution is 0.232. The molecule has 0 unspecified atom stereocenters. The van der Waals surface area contributed by atoms with Crippen molar-refractivity contribution in [3.05, 3.63) is 22.1 Å². The highest BCUT2D eigenvalue weighted by molar-refractivity contribution is 9.10. The molecular weight excluding hydrogens is 244 g/mol. The Bertz CT molecular complexity index is 305. The van der Waals surface area contributed by atoms with Crippen LogP contribution >= 0.6 is 15.9 Å². The Morgan fingerprint density at radius 2 is 2.21 bits per heavy atom. The summed E-state index contributed by atoms with van der Waals surface area (Å²) in [5.41, 5.74) is 1.25. The molecule has 0 aliphatic carbocycles. The Morgan fingerprint density at radius 1 is 1.50 bits per heavy atom. The summed E-state index contributed by atoms with van der Waals surface area (Å²) < 4.78 is 6.31. The number of nitrogens with one attached hydrogen (secondary N) is 1. The van der Waals surface area contributed by atoms with Crippen LogP contribution in [0.25, 0.3) is 0 Å². The Balaban J connectivity index is 1.98. The minimum atomic E-state index is 0.883. The van der Waals surface area contributed by atoms with E-state index in [0.717, 1.165) is 43.2 Å². The molecule has 0 saturated carbocycles. The summed E-state index contributed by atoms with van der Waals surface area (Å²) in [5.74, 6) is 0.974. The van der Waals surface area contributed by atoms with Gasteiger partial charge in [-0.25, -0.2) is 0 Å². The molecule has 1 aliphatic heterocycles. The van der Waals surface area contributed by atoms with Gasteiger partial charge in [0.25, 0.3) is 0 Å². The van der Waals surface area contributed by atoms with Gasteiger partial charge >= 0.3 is 0 Å². The van der Waals surface area contributed by atoms with Crippen LogP contribution in [-0.4, -0.2) is 31.1 Å². The largest absolute Gasteiger partial charge is 0.454 e. The van der Waals surface area contributed by atoms with Crippen LogP contribution in [-0.2, 0) is 6.54 Å². The van der Waals surface area contributed by atoms with Crippen LogP contribution in [0.1, 0.15) is 11.3 Å². The molecule has 2 heterocycles. The second-order valence-electron chi connectivity index (χ2n) is 3.68. The SMILES string of the molecule is Cc1cc(CN2CCNCC2)c(Br)o1. The van der Waals surface area contributed by atoms with E-state index in [1.54, 1.807) is 0 Å². The number of halogens is 1. The zero-order valence-corrected chi connectivity index (χ0v) is 9.93. The Hall–Kier alpha value is -0.320. The lowest BCUT2D eigenvalue weighted by atomic mass is 10.2. The Labute approximate surface area is 92.6 Å². The number of furan rings is 1. The van der Waals surface area contributed by atoms with Crippen molar-refractivity contribution < 1.29 is 4.42 Å². The highest BCUT2D eigenvalue weighted by Crippen LogP contribution is 2.22. The number of hydrogen-bond donors (Lipinski definition) is 1. The van der Waals surface area contributed by atoms with Crippen LogP contribution in [0.2, 0.25) is 0 Å². The first-order valence-electron chi connectivity index (χ1n) is 4.93. The summed E-state index contributed by atoms with van der Waals surface area (Å²) in [6, 6.07) is 2.10. The topological polar surface area (TPSA) is 28.4 Å². The first-order valence-corrected chi connectivity index (χ1v) is 5.73. The molecule has 1 saturated heterocycles. The van der Waals surface area contributed by atoms with E-state index < -0.39 is 0 Å². The van der Waals surface area contributed by atoms with Gasteiger partial charge in [0.05, 0.1) is 0 Å². The summed E-state index contributed by atoms with van der Waals surface area (Å²) in [7, 11) is 0. The number of rotatable bonds is 2. The zero-order chi connectivity index (χ0) is 9.97. The molecule has 0 spiro atoms. The van der Waals surface area contributed by atoms with E-state index >= 15 is 0 Å². The summed E-state index contributed by atoms with van der Waals surface area (Å²) in [5, 5.41) is 3.34. The van der Waals surface area contributed by atoms with E-state index in [1.165, 1.54) is 5.56 Å². The molecule has 0 atom stereocenters. The van der Waals surface area contributed by atoms with Gasteiger partial charge in [-0.05, 0) is 28.9 Å². The van der Waals surface area contributed by atoms with Crippen molar-refractivity contribution in [3.8, 4) is 0 Å². The van der Waals surface area contributed by atoms with E-state index in [2.05, 4.69) is 32.2 Å². The van der Waals surface area contributed by atoms with E-state index in [1.807, 2.05) is 6.92 Å². The highest BCUT2D eigenvalue weighted by atomic mass is 79.9. The number of nitrogens with zero attached hydrogens (tertiary/aromatic N) is 1. The van der Waals surface area contributed by atoms with Gasteiger partial charge in [-0.1, -0.05) is 0 Å². The average molecular weight is 259 g/mol. The van der Waals surface area contributed by atoms with Gasteiger partial charge in [-0.15, -0.1) is 0 Å². The normalized spacial score (nSPS) is 18.7. The molecular formula is C10H15BrN2O. The van der Waals surface area contributed by atoms with Gasteiger partial charge in [-0.3, -0.25) is 4.90 Å². The number of piperazine rings is 1. The maximum absolute atomic E-state index is 5.43. The van der Waals surface area contributed by atoms with Crippen LogP contribution in [0.5, 0.6) is 0 Å². The molecule has 1 aliphatic rings. The number of aryl methyl sites for hydroxylation is 1. The average Bonchev–Trinajstić information content (AvgIpc) is 2.47. The highest BCUT2D eigenvalue weighted by Gasteiger charge is 2.13. The van der Waals surface area contributed by atoms with E-state index in [9.17, 15) is 0 Å². The molecule has 0 amide bonds. The third kappa shape index (κ3) is 2.38. The maximum atomic E-state index is 5.43. The lowest BCUT2D eigenvalue weighted by Crippen LogP contribution is -2.42. The van der Waals surface area contributed by atoms with Crippen molar-refractivity contribution in [2.45, 2.75) is 13.5 Å². The van der Waals surface area contributed by atoms with Gasteiger partial charge in [0, 0.05) is 38.3 Å². The first kappa shape index (κ1) is 10.2. The molecule has 4 heteroatoms. The molecule has 3 nitrogen and oxygen atoms in total. The fourth-order valence-corrected chi connectivity index (χ4v) is 2.25. The summed E-state index contributed by atoms with van der Waals surface area (Å²) in [6.45, 7) is 7.39. The molecule has 0 bridgehead atoms. The van der Waals surface area contributed by atoms with Crippen LogP contribution in [0.4, 0.5) is 0 Å². The van der Waals surface area contributed by atoms with Crippen LogP contribution in [0.15, 0.2) is 15.2 Å². The van der Waals surface area contributed by atoms with Crippen molar-refractivity contribution >= 4 is 15.9 Å². The maximum Gasteiger partial charge on any atom is 0.173 e. The van der Waals surface area contributed by atoms with Crippen LogP contribution in [0, 0.1) is 6.92 Å². The van der Waals surface area contributed by atoms with Gasteiger partial charge in [0.15, 0.2) is 4.67 Å². The first-order chi connectivity index (χ1) is 6.75. The van der Waals surface area contributed by atoms with E-state index in [0.29, 0.717) is 0 Å². The zero-order valence-electron chi connectivity index (χ0n) is 8.35. The smallest absolute Gasteiger partial charge is 0.173 e. The van der Waals surface area contributed by atoms with Crippen molar-refractivity contribution in [2.75, 3.05) is 26.2 Å². The van der Waals surface area contributed by atoms with E-state index in [4.69, 9.17) is 4.42 Å². The molecule has 1 fully saturated rings. The second kappa shape index (κ2) is 4.47. The summed E-state index contributed by atoms with van der Waals surface area (Å²) >= 11 is 3.43. The fraction of sp³-hybridized carbons (Fsp3) is 0.600. The molecule has 2 rings (SSSR count). The van der Waals surface area contributed by atoms with Crippen LogP contribution in [0.3, 0.4) is 0 Å². The van der Waals surface area contributed by atoms with Gasteiger partial charge < -0.3 is 9.73 Å². The molecule has 14 heavy (non-hydrogen) atoms. The van der Waals surface area contributed by atoms with E-state index in [-0.39, 0.29) is 0 Å². The van der Waals surface area contributed by atoms with Crippen molar-refractivity contribution in [1.29, 1.82) is 0 Å².